The summed E-state index contributed by atoms with van der Waals surface area (Å²) in [6, 6.07) is 20.9. The molecule has 0 radical (unpaired) electrons. The fourth-order valence-electron chi connectivity index (χ4n) is 2.97. The Morgan fingerprint density at radius 3 is 2.64 bits per heavy atom. The van der Waals surface area contributed by atoms with Crippen molar-refractivity contribution in [1.82, 2.24) is 14.7 Å². The molecule has 6 heteroatoms. The van der Waals surface area contributed by atoms with E-state index in [0.717, 1.165) is 17.0 Å². The number of aromatic nitrogens is 2. The predicted molar refractivity (Wildman–Crippen MR) is 107 cm³/mol. The Labute approximate surface area is 167 Å². The third-order valence-electron chi connectivity index (χ3n) is 4.33. The summed E-state index contributed by atoms with van der Waals surface area (Å²) in [4.78, 5) is 14.9. The predicted octanol–water partition coefficient (Wildman–Crippen LogP) is 4.96. The van der Waals surface area contributed by atoms with Gasteiger partial charge in [0.1, 0.15) is 5.76 Å². The van der Waals surface area contributed by atoms with Crippen LogP contribution in [-0.4, -0.2) is 20.6 Å². The van der Waals surface area contributed by atoms with Gasteiger partial charge in [0.2, 0.25) is 0 Å². The zero-order valence-electron chi connectivity index (χ0n) is 15.0. The van der Waals surface area contributed by atoms with Crippen molar-refractivity contribution in [2.75, 3.05) is 0 Å². The third kappa shape index (κ3) is 4.15. The summed E-state index contributed by atoms with van der Waals surface area (Å²) in [5.74, 6) is 0.611. The van der Waals surface area contributed by atoms with Crippen molar-refractivity contribution in [3.05, 3.63) is 107 Å². The molecule has 0 spiro atoms. The Morgan fingerprint density at radius 2 is 1.89 bits per heavy atom. The van der Waals surface area contributed by atoms with Gasteiger partial charge in [-0.15, -0.1) is 0 Å². The maximum atomic E-state index is 13.2. The van der Waals surface area contributed by atoms with E-state index in [1.165, 1.54) is 0 Å². The fourth-order valence-corrected chi connectivity index (χ4v) is 3.15. The van der Waals surface area contributed by atoms with Crippen LogP contribution in [0.15, 0.2) is 89.8 Å². The highest BCUT2D eigenvalue weighted by Gasteiger charge is 2.19. The Kier molecular flexibility index (Phi) is 5.26. The smallest absolute Gasteiger partial charge is 0.257 e. The summed E-state index contributed by atoms with van der Waals surface area (Å²) in [6.07, 6.45) is 4.90. The number of rotatable bonds is 6. The summed E-state index contributed by atoms with van der Waals surface area (Å²) >= 11 is 6.06. The van der Waals surface area contributed by atoms with Gasteiger partial charge in [0.15, 0.2) is 0 Å². The molecule has 0 aliphatic rings. The quantitative estimate of drug-likeness (QED) is 0.466. The topological polar surface area (TPSA) is 51.3 Å². The molecule has 2 heterocycles. The van der Waals surface area contributed by atoms with E-state index in [1.807, 2.05) is 54.6 Å². The Balaban J connectivity index is 1.59. The zero-order chi connectivity index (χ0) is 19.3. The monoisotopic (exact) mass is 391 g/mol. The molecule has 28 heavy (non-hydrogen) atoms. The molecule has 0 unspecified atom stereocenters. The van der Waals surface area contributed by atoms with Crippen molar-refractivity contribution in [1.29, 1.82) is 0 Å². The van der Waals surface area contributed by atoms with E-state index in [-0.39, 0.29) is 5.91 Å². The van der Waals surface area contributed by atoms with E-state index in [1.54, 1.807) is 40.4 Å². The van der Waals surface area contributed by atoms with Crippen LogP contribution in [0.5, 0.6) is 0 Å². The second-order valence-electron chi connectivity index (χ2n) is 6.38. The number of benzene rings is 2. The van der Waals surface area contributed by atoms with Crippen LogP contribution in [-0.2, 0) is 13.1 Å². The number of hydrogen-bond acceptors (Lipinski definition) is 3. The van der Waals surface area contributed by atoms with E-state index in [9.17, 15) is 4.79 Å². The number of amides is 1. The summed E-state index contributed by atoms with van der Waals surface area (Å²) in [7, 11) is 0. The van der Waals surface area contributed by atoms with Gasteiger partial charge in [0.25, 0.3) is 5.91 Å². The van der Waals surface area contributed by atoms with Crippen molar-refractivity contribution in [2.45, 2.75) is 13.1 Å². The summed E-state index contributed by atoms with van der Waals surface area (Å²) < 4.78 is 7.09. The number of furan rings is 1. The average Bonchev–Trinajstić information content (AvgIpc) is 3.40. The van der Waals surface area contributed by atoms with Gasteiger partial charge in [0.05, 0.1) is 30.3 Å². The fraction of sp³-hybridized carbons (Fsp3) is 0.0909. The molecule has 140 valence electrons. The Bertz CT molecular complexity index is 1060. The lowest BCUT2D eigenvalue weighted by molar-refractivity contribution is 0.0717. The van der Waals surface area contributed by atoms with Crippen LogP contribution in [0.2, 0.25) is 5.02 Å². The standard InChI is InChI=1S/C22H18ClN3O2/c23-19-8-4-9-20(12-19)26-15-18(13-24-26)22(27)25(16-21-10-5-11-28-21)14-17-6-2-1-3-7-17/h1-13,15H,14,16H2. The largest absolute Gasteiger partial charge is 0.467 e. The summed E-state index contributed by atoms with van der Waals surface area (Å²) in [6.45, 7) is 0.853. The second kappa shape index (κ2) is 8.15. The van der Waals surface area contributed by atoms with Gasteiger partial charge >= 0.3 is 0 Å². The minimum absolute atomic E-state index is 0.117. The van der Waals surface area contributed by atoms with Gasteiger partial charge < -0.3 is 9.32 Å². The number of hydrogen-bond donors (Lipinski definition) is 0. The van der Waals surface area contributed by atoms with Crippen LogP contribution < -0.4 is 0 Å². The van der Waals surface area contributed by atoms with Crippen LogP contribution >= 0.6 is 11.6 Å². The number of halogens is 1. The van der Waals surface area contributed by atoms with E-state index in [2.05, 4.69) is 5.10 Å². The molecule has 5 nitrogen and oxygen atoms in total. The van der Waals surface area contributed by atoms with Crippen LogP contribution in [0.1, 0.15) is 21.7 Å². The molecule has 0 saturated heterocycles. The van der Waals surface area contributed by atoms with Gasteiger partial charge in [-0.3, -0.25) is 4.79 Å². The SMILES string of the molecule is O=C(c1cnn(-c2cccc(Cl)c2)c1)N(Cc1ccccc1)Cc1ccco1. The molecule has 0 atom stereocenters. The highest BCUT2D eigenvalue weighted by Crippen LogP contribution is 2.17. The van der Waals surface area contributed by atoms with Crippen LogP contribution in [0.3, 0.4) is 0 Å². The lowest BCUT2D eigenvalue weighted by Crippen LogP contribution is -2.29. The van der Waals surface area contributed by atoms with Crippen LogP contribution in [0, 0.1) is 0 Å². The second-order valence-corrected chi connectivity index (χ2v) is 6.82. The van der Waals surface area contributed by atoms with Crippen molar-refractivity contribution in [2.24, 2.45) is 0 Å². The number of carbonyl (C=O) groups excluding carboxylic acids is 1. The van der Waals surface area contributed by atoms with Crippen molar-refractivity contribution in [3.63, 3.8) is 0 Å². The van der Waals surface area contributed by atoms with E-state index >= 15 is 0 Å². The molecule has 4 rings (SSSR count). The van der Waals surface area contributed by atoms with Crippen LogP contribution in [0.4, 0.5) is 0 Å². The van der Waals surface area contributed by atoms with E-state index in [4.69, 9.17) is 16.0 Å². The maximum absolute atomic E-state index is 13.2. The molecule has 4 aromatic rings. The first-order valence-electron chi connectivity index (χ1n) is 8.85. The molecular formula is C22H18ClN3O2. The van der Waals surface area contributed by atoms with Crippen LogP contribution in [0.25, 0.3) is 5.69 Å². The third-order valence-corrected chi connectivity index (χ3v) is 4.57. The lowest BCUT2D eigenvalue weighted by Gasteiger charge is -2.21. The number of nitrogens with zero attached hydrogens (tertiary/aromatic N) is 3. The minimum atomic E-state index is -0.117. The van der Waals surface area contributed by atoms with Gasteiger partial charge in [-0.05, 0) is 35.9 Å². The van der Waals surface area contributed by atoms with Gasteiger partial charge in [-0.1, -0.05) is 48.0 Å². The Hall–Kier alpha value is -3.31. The van der Waals surface area contributed by atoms with Crippen molar-refractivity contribution in [3.8, 4) is 5.69 Å². The molecule has 2 aromatic heterocycles. The Morgan fingerprint density at radius 1 is 1.04 bits per heavy atom. The van der Waals surface area contributed by atoms with Crippen molar-refractivity contribution >= 4 is 17.5 Å². The maximum Gasteiger partial charge on any atom is 0.257 e. The van der Waals surface area contributed by atoms with E-state index in [0.29, 0.717) is 23.7 Å². The molecule has 0 aliphatic carbocycles. The lowest BCUT2D eigenvalue weighted by atomic mass is 10.2. The van der Waals surface area contributed by atoms with Crippen molar-refractivity contribution < 1.29 is 9.21 Å². The van der Waals surface area contributed by atoms with E-state index < -0.39 is 0 Å². The first kappa shape index (κ1) is 18.1. The summed E-state index contributed by atoms with van der Waals surface area (Å²) in [5.41, 5.74) is 2.35. The zero-order valence-corrected chi connectivity index (χ0v) is 15.8. The molecule has 0 bridgehead atoms. The molecule has 0 saturated carbocycles. The summed E-state index contributed by atoms with van der Waals surface area (Å²) in [5, 5.41) is 4.94. The van der Waals surface area contributed by atoms with Gasteiger partial charge in [-0.25, -0.2) is 4.68 Å². The highest BCUT2D eigenvalue weighted by atomic mass is 35.5. The highest BCUT2D eigenvalue weighted by molar-refractivity contribution is 6.30. The van der Waals surface area contributed by atoms with Gasteiger partial charge in [-0.2, -0.15) is 5.10 Å². The average molecular weight is 392 g/mol. The number of carbonyl (C=O) groups is 1. The minimum Gasteiger partial charge on any atom is -0.467 e. The molecule has 0 aliphatic heterocycles. The molecule has 1 amide bonds. The first-order chi connectivity index (χ1) is 13.7. The molecular weight excluding hydrogens is 374 g/mol. The molecule has 0 N–H and O–H groups in total. The normalized spacial score (nSPS) is 10.8. The molecule has 2 aromatic carbocycles. The molecule has 0 fully saturated rings. The van der Waals surface area contributed by atoms with Gasteiger partial charge in [0, 0.05) is 17.8 Å². The first-order valence-corrected chi connectivity index (χ1v) is 9.23.